The number of carbonyl (C=O) groups excluding carboxylic acids is 1. The van der Waals surface area contributed by atoms with Crippen molar-refractivity contribution in [2.24, 2.45) is 11.7 Å². The summed E-state index contributed by atoms with van der Waals surface area (Å²) >= 11 is 5.05. The van der Waals surface area contributed by atoms with Crippen molar-refractivity contribution in [3.05, 3.63) is 29.8 Å². The summed E-state index contributed by atoms with van der Waals surface area (Å²) < 4.78 is 5.60. The van der Waals surface area contributed by atoms with Crippen molar-refractivity contribution < 1.29 is 9.53 Å². The van der Waals surface area contributed by atoms with Gasteiger partial charge in [-0.1, -0.05) is 31.3 Å². The second-order valence-electron chi connectivity index (χ2n) is 4.99. The highest BCUT2D eigenvalue weighted by molar-refractivity contribution is 7.80. The monoisotopic (exact) mass is 292 g/mol. The van der Waals surface area contributed by atoms with Crippen LogP contribution in [-0.4, -0.2) is 30.7 Å². The highest BCUT2D eigenvalue weighted by Gasteiger charge is 2.35. The molecule has 4 nitrogen and oxygen atoms in total. The van der Waals surface area contributed by atoms with E-state index in [4.69, 9.17) is 22.7 Å². The quantitative estimate of drug-likeness (QED) is 0.864. The Labute approximate surface area is 124 Å². The summed E-state index contributed by atoms with van der Waals surface area (Å²) in [6, 6.07) is 7.44. The van der Waals surface area contributed by atoms with Crippen LogP contribution >= 0.6 is 12.2 Å². The number of carbonyl (C=O) groups is 1. The highest BCUT2D eigenvalue weighted by Crippen LogP contribution is 2.28. The van der Waals surface area contributed by atoms with Crippen LogP contribution < -0.4 is 10.6 Å². The number of thiocarbonyl (C=S) groups is 1. The lowest BCUT2D eigenvalue weighted by atomic mass is 9.97. The molecule has 2 rings (SSSR count). The number of anilines is 1. The first-order valence-corrected chi connectivity index (χ1v) is 7.25. The number of para-hydroxylation sites is 1. The fourth-order valence-electron chi connectivity index (χ4n) is 2.68. The van der Waals surface area contributed by atoms with Crippen molar-refractivity contribution in [2.45, 2.75) is 25.9 Å². The van der Waals surface area contributed by atoms with Crippen molar-refractivity contribution in [2.75, 3.05) is 18.6 Å². The lowest BCUT2D eigenvalue weighted by Gasteiger charge is -2.25. The van der Waals surface area contributed by atoms with Gasteiger partial charge < -0.3 is 15.4 Å². The molecule has 2 unspecified atom stereocenters. The molecule has 20 heavy (non-hydrogen) atoms. The molecule has 0 radical (unpaired) electrons. The molecular weight excluding hydrogens is 272 g/mol. The zero-order valence-corrected chi connectivity index (χ0v) is 12.7. The SMILES string of the molecule is CCC1OCCC1C(=O)N(C)c1ccccc1C(N)=S. The van der Waals surface area contributed by atoms with Gasteiger partial charge in [0.25, 0.3) is 0 Å². The largest absolute Gasteiger partial charge is 0.389 e. The van der Waals surface area contributed by atoms with Gasteiger partial charge >= 0.3 is 0 Å². The Morgan fingerprint density at radius 3 is 2.85 bits per heavy atom. The topological polar surface area (TPSA) is 55.6 Å². The predicted octanol–water partition coefficient (Wildman–Crippen LogP) is 2.10. The average molecular weight is 292 g/mol. The number of hydrogen-bond acceptors (Lipinski definition) is 3. The van der Waals surface area contributed by atoms with E-state index in [0.29, 0.717) is 11.6 Å². The Balaban J connectivity index is 2.25. The van der Waals surface area contributed by atoms with Crippen molar-refractivity contribution in [3.63, 3.8) is 0 Å². The van der Waals surface area contributed by atoms with Crippen molar-refractivity contribution >= 4 is 28.8 Å². The molecule has 1 aromatic carbocycles. The third kappa shape index (κ3) is 2.83. The maximum absolute atomic E-state index is 12.7. The summed E-state index contributed by atoms with van der Waals surface area (Å²) in [4.78, 5) is 14.6. The first kappa shape index (κ1) is 14.9. The van der Waals surface area contributed by atoms with Crippen LogP contribution in [0.5, 0.6) is 0 Å². The van der Waals surface area contributed by atoms with E-state index in [1.807, 2.05) is 31.2 Å². The number of nitrogens with zero attached hydrogens (tertiary/aromatic N) is 1. The Morgan fingerprint density at radius 2 is 2.20 bits per heavy atom. The number of ether oxygens (including phenoxy) is 1. The smallest absolute Gasteiger partial charge is 0.232 e. The van der Waals surface area contributed by atoms with Crippen molar-refractivity contribution in [3.8, 4) is 0 Å². The van der Waals surface area contributed by atoms with Crippen LogP contribution in [0.3, 0.4) is 0 Å². The number of nitrogens with two attached hydrogens (primary N) is 1. The molecule has 1 saturated heterocycles. The van der Waals surface area contributed by atoms with E-state index < -0.39 is 0 Å². The second kappa shape index (κ2) is 6.33. The number of hydrogen-bond donors (Lipinski definition) is 1. The van der Waals surface area contributed by atoms with E-state index in [2.05, 4.69) is 0 Å². The van der Waals surface area contributed by atoms with E-state index in [1.165, 1.54) is 0 Å². The molecule has 0 spiro atoms. The molecule has 2 N–H and O–H groups in total. The fourth-order valence-corrected chi connectivity index (χ4v) is 2.85. The zero-order valence-electron chi connectivity index (χ0n) is 11.8. The van der Waals surface area contributed by atoms with Crippen LogP contribution in [0.15, 0.2) is 24.3 Å². The van der Waals surface area contributed by atoms with Gasteiger partial charge in [0.1, 0.15) is 4.99 Å². The molecule has 1 aliphatic rings. The van der Waals surface area contributed by atoms with Crippen LogP contribution in [0, 0.1) is 5.92 Å². The van der Waals surface area contributed by atoms with E-state index in [1.54, 1.807) is 11.9 Å². The van der Waals surface area contributed by atoms with Gasteiger partial charge in [-0.05, 0) is 25.0 Å². The summed E-state index contributed by atoms with van der Waals surface area (Å²) in [6.45, 7) is 2.69. The van der Waals surface area contributed by atoms with Crippen LogP contribution in [0.4, 0.5) is 5.69 Å². The minimum Gasteiger partial charge on any atom is -0.389 e. The minimum absolute atomic E-state index is 0.0157. The maximum Gasteiger partial charge on any atom is 0.232 e. The summed E-state index contributed by atoms with van der Waals surface area (Å²) in [6.07, 6.45) is 1.64. The highest BCUT2D eigenvalue weighted by atomic mass is 32.1. The summed E-state index contributed by atoms with van der Waals surface area (Å²) in [5.41, 5.74) is 7.21. The Kier molecular flexibility index (Phi) is 4.73. The molecule has 1 aliphatic heterocycles. The summed E-state index contributed by atoms with van der Waals surface area (Å²) in [5.74, 6) is -0.0116. The van der Waals surface area contributed by atoms with E-state index in [-0.39, 0.29) is 17.9 Å². The lowest BCUT2D eigenvalue weighted by Crippen LogP contribution is -2.37. The van der Waals surface area contributed by atoms with Gasteiger partial charge in [-0.3, -0.25) is 4.79 Å². The molecule has 1 amide bonds. The molecule has 0 aliphatic carbocycles. The van der Waals surface area contributed by atoms with Gasteiger partial charge in [-0.2, -0.15) is 0 Å². The standard InChI is InChI=1S/C15H20N2O2S/c1-3-13-11(8-9-19-13)15(18)17(2)12-7-5-4-6-10(12)14(16)20/h4-7,11,13H,3,8-9H2,1-2H3,(H2,16,20). The second-order valence-corrected chi connectivity index (χ2v) is 5.43. The summed E-state index contributed by atoms with van der Waals surface area (Å²) in [7, 11) is 1.77. The fraction of sp³-hybridized carbons (Fsp3) is 0.467. The van der Waals surface area contributed by atoms with Crippen LogP contribution in [0.1, 0.15) is 25.3 Å². The average Bonchev–Trinajstić information content (AvgIpc) is 2.94. The van der Waals surface area contributed by atoms with E-state index in [9.17, 15) is 4.79 Å². The number of benzene rings is 1. The van der Waals surface area contributed by atoms with Crippen molar-refractivity contribution in [1.29, 1.82) is 0 Å². The Bertz CT molecular complexity index is 518. The third-order valence-electron chi connectivity index (χ3n) is 3.79. The van der Waals surface area contributed by atoms with Crippen LogP contribution in [0.2, 0.25) is 0 Å². The molecule has 0 bridgehead atoms. The van der Waals surface area contributed by atoms with Gasteiger partial charge in [-0.15, -0.1) is 0 Å². The van der Waals surface area contributed by atoms with Gasteiger partial charge in [0, 0.05) is 19.2 Å². The summed E-state index contributed by atoms with van der Waals surface area (Å²) in [5, 5.41) is 0. The van der Waals surface area contributed by atoms with E-state index in [0.717, 1.165) is 24.1 Å². The molecule has 0 aromatic heterocycles. The maximum atomic E-state index is 12.7. The minimum atomic E-state index is -0.0793. The normalized spacial score (nSPS) is 21.7. The molecule has 108 valence electrons. The Hall–Kier alpha value is -1.46. The van der Waals surface area contributed by atoms with Gasteiger partial charge in [0.15, 0.2) is 0 Å². The molecular formula is C15H20N2O2S. The molecule has 0 saturated carbocycles. The first-order valence-electron chi connectivity index (χ1n) is 6.84. The molecule has 5 heteroatoms. The van der Waals surface area contributed by atoms with Crippen LogP contribution in [-0.2, 0) is 9.53 Å². The predicted molar refractivity (Wildman–Crippen MR) is 83.9 cm³/mol. The van der Waals surface area contributed by atoms with Gasteiger partial charge in [0.05, 0.1) is 17.7 Å². The number of rotatable bonds is 4. The molecule has 2 atom stereocenters. The van der Waals surface area contributed by atoms with Crippen molar-refractivity contribution in [1.82, 2.24) is 0 Å². The molecule has 1 fully saturated rings. The number of amides is 1. The van der Waals surface area contributed by atoms with E-state index >= 15 is 0 Å². The molecule has 1 aromatic rings. The lowest BCUT2D eigenvalue weighted by molar-refractivity contribution is -0.123. The van der Waals surface area contributed by atoms with Gasteiger partial charge in [0.2, 0.25) is 5.91 Å². The van der Waals surface area contributed by atoms with Crippen LogP contribution in [0.25, 0.3) is 0 Å². The third-order valence-corrected chi connectivity index (χ3v) is 4.01. The zero-order chi connectivity index (χ0) is 14.7. The first-order chi connectivity index (χ1) is 9.56. The van der Waals surface area contributed by atoms with Gasteiger partial charge in [-0.25, -0.2) is 0 Å². The molecule has 1 heterocycles. The Morgan fingerprint density at radius 1 is 1.50 bits per heavy atom.